The minimum absolute atomic E-state index is 0.0165. The lowest BCUT2D eigenvalue weighted by Crippen LogP contribution is -2.27. The van der Waals surface area contributed by atoms with Crippen molar-refractivity contribution in [3.05, 3.63) is 107 Å². The third kappa shape index (κ3) is 5.14. The second kappa shape index (κ2) is 10.3. The molecular weight excluding hydrogens is 438 g/mol. The van der Waals surface area contributed by atoms with Gasteiger partial charge in [-0.2, -0.15) is 5.10 Å². The lowest BCUT2D eigenvalue weighted by molar-refractivity contribution is -0.121. The third-order valence-corrected chi connectivity index (χ3v) is 6.20. The summed E-state index contributed by atoms with van der Waals surface area (Å²) in [5, 5.41) is 10.0. The summed E-state index contributed by atoms with van der Waals surface area (Å²) < 4.78 is 3.29. The van der Waals surface area contributed by atoms with Gasteiger partial charge in [0.15, 0.2) is 5.65 Å². The van der Waals surface area contributed by atoms with Gasteiger partial charge in [-0.05, 0) is 34.7 Å². The first-order chi connectivity index (χ1) is 17.2. The summed E-state index contributed by atoms with van der Waals surface area (Å²) in [6.45, 7) is 1.32. The molecule has 5 aromatic rings. The second-order valence-electron chi connectivity index (χ2n) is 8.61. The summed E-state index contributed by atoms with van der Waals surface area (Å²) in [7, 11) is 0. The molecule has 1 amide bonds. The number of hydrogen-bond donors (Lipinski definition) is 1. The van der Waals surface area contributed by atoms with E-state index in [1.54, 1.807) is 21.8 Å². The Labute approximate surface area is 203 Å². The number of carbonyl (C=O) groups excluding carboxylic acids is 1. The van der Waals surface area contributed by atoms with Crippen molar-refractivity contribution in [1.29, 1.82) is 0 Å². The molecule has 0 aliphatic heterocycles. The number of nitrogens with zero attached hydrogens (tertiary/aromatic N) is 4. The fourth-order valence-corrected chi connectivity index (χ4v) is 4.37. The van der Waals surface area contributed by atoms with Crippen LogP contribution in [0.25, 0.3) is 21.8 Å². The first-order valence-corrected chi connectivity index (χ1v) is 11.9. The molecule has 7 nitrogen and oxygen atoms in total. The van der Waals surface area contributed by atoms with E-state index in [4.69, 9.17) is 0 Å². The number of fused-ring (bicyclic) bond motifs is 2. The van der Waals surface area contributed by atoms with Crippen LogP contribution in [0, 0.1) is 0 Å². The van der Waals surface area contributed by atoms with E-state index in [2.05, 4.69) is 45.7 Å². The Morgan fingerprint density at radius 3 is 2.60 bits per heavy atom. The van der Waals surface area contributed by atoms with Gasteiger partial charge in [0.1, 0.15) is 11.7 Å². The molecule has 7 heteroatoms. The molecule has 0 atom stereocenters. The molecule has 5 rings (SSSR count). The van der Waals surface area contributed by atoms with E-state index in [-0.39, 0.29) is 11.5 Å². The average Bonchev–Trinajstić information content (AvgIpc) is 3.30. The van der Waals surface area contributed by atoms with Crippen LogP contribution in [0.15, 0.2) is 90.1 Å². The maximum absolute atomic E-state index is 13.1. The number of carbonyl (C=O) groups is 1. The van der Waals surface area contributed by atoms with Gasteiger partial charge in [0.2, 0.25) is 5.91 Å². The van der Waals surface area contributed by atoms with Crippen LogP contribution in [0.2, 0.25) is 0 Å². The van der Waals surface area contributed by atoms with Crippen molar-refractivity contribution < 1.29 is 4.79 Å². The lowest BCUT2D eigenvalue weighted by Gasteiger charge is -2.09. The fourth-order valence-electron chi connectivity index (χ4n) is 4.37. The Morgan fingerprint density at radius 2 is 1.71 bits per heavy atom. The van der Waals surface area contributed by atoms with Gasteiger partial charge >= 0.3 is 0 Å². The van der Waals surface area contributed by atoms with Crippen molar-refractivity contribution in [2.75, 3.05) is 6.54 Å². The van der Waals surface area contributed by atoms with Crippen LogP contribution < -0.4 is 10.9 Å². The average molecular weight is 466 g/mol. The van der Waals surface area contributed by atoms with E-state index in [1.165, 1.54) is 5.56 Å². The molecule has 0 aliphatic carbocycles. The zero-order valence-corrected chi connectivity index (χ0v) is 19.4. The van der Waals surface area contributed by atoms with Crippen LogP contribution in [-0.2, 0) is 24.3 Å². The van der Waals surface area contributed by atoms with Crippen molar-refractivity contribution in [3.8, 4) is 0 Å². The van der Waals surface area contributed by atoms with Gasteiger partial charge in [-0.1, -0.05) is 72.8 Å². The highest BCUT2D eigenvalue weighted by Crippen LogP contribution is 2.19. The van der Waals surface area contributed by atoms with Crippen molar-refractivity contribution in [2.45, 2.75) is 32.4 Å². The smallest absolute Gasteiger partial charge is 0.264 e. The van der Waals surface area contributed by atoms with Gasteiger partial charge in [-0.15, -0.1) is 0 Å². The molecule has 176 valence electrons. The van der Waals surface area contributed by atoms with Gasteiger partial charge < -0.3 is 5.32 Å². The summed E-state index contributed by atoms with van der Waals surface area (Å²) in [5.41, 5.74) is 2.70. The first kappa shape index (κ1) is 22.5. The van der Waals surface area contributed by atoms with Crippen LogP contribution in [0.1, 0.15) is 24.0 Å². The normalized spacial score (nSPS) is 11.2. The molecule has 0 saturated carbocycles. The molecule has 0 unspecified atom stereocenters. The zero-order chi connectivity index (χ0) is 24.0. The molecule has 0 fully saturated rings. The fraction of sp³-hybridized carbons (Fsp3) is 0.214. The molecule has 0 saturated heterocycles. The van der Waals surface area contributed by atoms with E-state index in [1.807, 2.05) is 42.5 Å². The summed E-state index contributed by atoms with van der Waals surface area (Å²) in [6.07, 6.45) is 5.30. The SMILES string of the molecule is O=C(CCCc1ccccc1)NCCn1ncc2c(=O)n(Cc3cccc4ccccc34)cnc21. The summed E-state index contributed by atoms with van der Waals surface area (Å²) in [4.78, 5) is 29.8. The predicted octanol–water partition coefficient (Wildman–Crippen LogP) is 3.93. The number of nitrogens with one attached hydrogen (secondary N) is 1. The van der Waals surface area contributed by atoms with Crippen LogP contribution in [0.4, 0.5) is 0 Å². The second-order valence-corrected chi connectivity index (χ2v) is 8.61. The third-order valence-electron chi connectivity index (χ3n) is 6.20. The lowest BCUT2D eigenvalue weighted by atomic mass is 10.0. The monoisotopic (exact) mass is 465 g/mol. The summed E-state index contributed by atoms with van der Waals surface area (Å²) in [6, 6.07) is 24.4. The standard InChI is InChI=1S/C28H27N5O2/c34-26(15-6-10-21-8-2-1-3-9-21)29-16-17-33-27-25(18-31-33)28(35)32(20-30-27)19-23-13-7-12-22-11-4-5-14-24(22)23/h1-5,7-9,11-14,18,20H,6,10,15-17,19H2,(H,29,34). The maximum atomic E-state index is 13.1. The molecule has 0 spiro atoms. The number of rotatable bonds is 9. The summed E-state index contributed by atoms with van der Waals surface area (Å²) in [5.74, 6) is 0.0165. The Morgan fingerprint density at radius 1 is 0.914 bits per heavy atom. The Kier molecular flexibility index (Phi) is 6.66. The molecular formula is C28H27N5O2. The van der Waals surface area contributed by atoms with Crippen molar-refractivity contribution in [2.24, 2.45) is 0 Å². The molecule has 0 aliphatic rings. The highest BCUT2D eigenvalue weighted by molar-refractivity contribution is 5.85. The van der Waals surface area contributed by atoms with E-state index in [0.717, 1.165) is 29.2 Å². The van der Waals surface area contributed by atoms with Crippen molar-refractivity contribution in [3.63, 3.8) is 0 Å². The minimum Gasteiger partial charge on any atom is -0.354 e. The van der Waals surface area contributed by atoms with E-state index >= 15 is 0 Å². The van der Waals surface area contributed by atoms with E-state index in [9.17, 15) is 9.59 Å². The Bertz CT molecular complexity index is 1520. The topological polar surface area (TPSA) is 81.8 Å². The molecule has 0 bridgehead atoms. The van der Waals surface area contributed by atoms with Gasteiger partial charge in [-0.25, -0.2) is 9.67 Å². The highest BCUT2D eigenvalue weighted by Gasteiger charge is 2.12. The van der Waals surface area contributed by atoms with Crippen LogP contribution >= 0.6 is 0 Å². The first-order valence-electron chi connectivity index (χ1n) is 11.9. The number of benzene rings is 3. The van der Waals surface area contributed by atoms with E-state index < -0.39 is 0 Å². The largest absolute Gasteiger partial charge is 0.354 e. The van der Waals surface area contributed by atoms with Gasteiger partial charge in [0.05, 0.1) is 19.3 Å². The van der Waals surface area contributed by atoms with Crippen LogP contribution in [-0.4, -0.2) is 31.8 Å². The zero-order valence-electron chi connectivity index (χ0n) is 19.4. The number of aryl methyl sites for hydroxylation is 1. The molecule has 3 aromatic carbocycles. The number of amides is 1. The predicted molar refractivity (Wildman–Crippen MR) is 137 cm³/mol. The van der Waals surface area contributed by atoms with Gasteiger partial charge in [0, 0.05) is 13.0 Å². The van der Waals surface area contributed by atoms with Gasteiger partial charge in [-0.3, -0.25) is 14.2 Å². The molecule has 2 heterocycles. The molecule has 2 aromatic heterocycles. The van der Waals surface area contributed by atoms with E-state index in [0.29, 0.717) is 37.1 Å². The highest BCUT2D eigenvalue weighted by atomic mass is 16.1. The van der Waals surface area contributed by atoms with Crippen LogP contribution in [0.5, 0.6) is 0 Å². The van der Waals surface area contributed by atoms with Crippen LogP contribution in [0.3, 0.4) is 0 Å². The quantitative estimate of drug-likeness (QED) is 0.358. The molecule has 35 heavy (non-hydrogen) atoms. The summed E-state index contributed by atoms with van der Waals surface area (Å²) >= 11 is 0. The van der Waals surface area contributed by atoms with Gasteiger partial charge in [0.25, 0.3) is 5.56 Å². The molecule has 0 radical (unpaired) electrons. The number of hydrogen-bond acceptors (Lipinski definition) is 4. The van der Waals surface area contributed by atoms with Crippen molar-refractivity contribution >= 4 is 27.7 Å². The Balaban J connectivity index is 1.20. The minimum atomic E-state index is -0.126. The Hall–Kier alpha value is -4.26. The number of aromatic nitrogens is 4. The maximum Gasteiger partial charge on any atom is 0.264 e. The molecule has 1 N–H and O–H groups in total. The van der Waals surface area contributed by atoms with Crippen molar-refractivity contribution in [1.82, 2.24) is 24.6 Å².